The highest BCUT2D eigenvalue weighted by Crippen LogP contribution is 2.38. The molecular formula is C8H2F5IN2. The molecule has 1 aromatic heterocycles. The minimum atomic E-state index is -4.93. The van der Waals surface area contributed by atoms with Gasteiger partial charge in [-0.25, -0.2) is 13.8 Å². The van der Waals surface area contributed by atoms with Crippen molar-refractivity contribution in [2.24, 2.45) is 0 Å². The van der Waals surface area contributed by atoms with E-state index in [0.29, 0.717) is 6.07 Å². The maximum absolute atomic E-state index is 12.4. The number of pyridine rings is 1. The average molecular weight is 348 g/mol. The third-order valence-corrected chi connectivity index (χ3v) is 2.21. The van der Waals surface area contributed by atoms with Crippen LogP contribution in [0.3, 0.4) is 0 Å². The number of rotatable bonds is 1. The molecule has 1 heterocycles. The summed E-state index contributed by atoms with van der Waals surface area (Å²) < 4.78 is 62.0. The van der Waals surface area contributed by atoms with Crippen molar-refractivity contribution in [3.8, 4) is 6.07 Å². The summed E-state index contributed by atoms with van der Waals surface area (Å²) in [4.78, 5) is 3.33. The SMILES string of the molecule is N#Cc1nc(I)cc(C(F)(F)F)c1C(F)F. The van der Waals surface area contributed by atoms with Crippen LogP contribution < -0.4 is 0 Å². The predicted octanol–water partition coefficient (Wildman–Crippen LogP) is 3.51. The van der Waals surface area contributed by atoms with Gasteiger partial charge < -0.3 is 0 Å². The Labute approximate surface area is 100 Å². The van der Waals surface area contributed by atoms with Crippen molar-refractivity contribution >= 4 is 22.6 Å². The lowest BCUT2D eigenvalue weighted by Crippen LogP contribution is -2.13. The molecule has 0 bridgehead atoms. The fraction of sp³-hybridized carbons (Fsp3) is 0.250. The van der Waals surface area contributed by atoms with Gasteiger partial charge in [0.25, 0.3) is 6.43 Å². The molecule has 0 spiro atoms. The zero-order valence-corrected chi connectivity index (χ0v) is 9.47. The van der Waals surface area contributed by atoms with E-state index < -0.39 is 29.4 Å². The summed E-state index contributed by atoms with van der Waals surface area (Å²) in [6.07, 6.45) is -8.32. The van der Waals surface area contributed by atoms with E-state index >= 15 is 0 Å². The van der Waals surface area contributed by atoms with Gasteiger partial charge in [0.05, 0.1) is 11.1 Å². The van der Waals surface area contributed by atoms with Crippen molar-refractivity contribution in [2.45, 2.75) is 12.6 Å². The number of hydrogen-bond acceptors (Lipinski definition) is 2. The highest BCUT2D eigenvalue weighted by molar-refractivity contribution is 14.1. The first-order valence-corrected chi connectivity index (χ1v) is 4.81. The molecule has 2 nitrogen and oxygen atoms in total. The van der Waals surface area contributed by atoms with Crippen LogP contribution >= 0.6 is 22.6 Å². The van der Waals surface area contributed by atoms with E-state index in [9.17, 15) is 22.0 Å². The molecule has 0 fully saturated rings. The molecule has 86 valence electrons. The second kappa shape index (κ2) is 4.48. The zero-order valence-electron chi connectivity index (χ0n) is 7.32. The number of hydrogen-bond donors (Lipinski definition) is 0. The maximum atomic E-state index is 12.4. The minimum absolute atomic E-state index is 0.161. The Bertz CT molecular complexity index is 449. The summed E-state index contributed by atoms with van der Waals surface area (Å²) in [5.41, 5.74) is -3.77. The van der Waals surface area contributed by atoms with E-state index in [-0.39, 0.29) is 3.70 Å². The summed E-state index contributed by atoms with van der Waals surface area (Å²) in [6, 6.07) is 1.72. The van der Waals surface area contributed by atoms with Crippen LogP contribution in [-0.2, 0) is 6.18 Å². The molecule has 0 aliphatic rings. The van der Waals surface area contributed by atoms with Crippen molar-refractivity contribution in [3.05, 3.63) is 26.6 Å². The third kappa shape index (κ3) is 2.58. The number of alkyl halides is 5. The molecule has 1 rings (SSSR count). The molecule has 0 aliphatic carbocycles. The number of nitrogens with zero attached hydrogens (tertiary/aromatic N) is 2. The van der Waals surface area contributed by atoms with Crippen molar-refractivity contribution in [2.75, 3.05) is 0 Å². The first-order chi connectivity index (χ1) is 7.27. The normalized spacial score (nSPS) is 11.6. The molecule has 0 amide bonds. The highest BCUT2D eigenvalue weighted by atomic mass is 127. The molecule has 8 heteroatoms. The first kappa shape index (κ1) is 13.1. The van der Waals surface area contributed by atoms with Gasteiger partial charge in [-0.05, 0) is 28.7 Å². The van der Waals surface area contributed by atoms with E-state index in [0.717, 1.165) is 0 Å². The Kier molecular flexibility index (Phi) is 3.67. The summed E-state index contributed by atoms with van der Waals surface area (Å²) >= 11 is 1.43. The Hall–Kier alpha value is -0.980. The van der Waals surface area contributed by atoms with Crippen LogP contribution in [0.4, 0.5) is 22.0 Å². The molecule has 0 aliphatic heterocycles. The second-order valence-electron chi connectivity index (χ2n) is 2.67. The van der Waals surface area contributed by atoms with Gasteiger partial charge in [0, 0.05) is 0 Å². The van der Waals surface area contributed by atoms with Gasteiger partial charge >= 0.3 is 6.18 Å². The smallest absolute Gasteiger partial charge is 0.231 e. The Balaban J connectivity index is 3.59. The lowest BCUT2D eigenvalue weighted by atomic mass is 10.1. The largest absolute Gasteiger partial charge is 0.417 e. The molecule has 0 aromatic carbocycles. The maximum Gasteiger partial charge on any atom is 0.417 e. The molecule has 0 saturated heterocycles. The van der Waals surface area contributed by atoms with E-state index in [1.165, 1.54) is 28.7 Å². The number of halogens is 6. The lowest BCUT2D eigenvalue weighted by Gasteiger charge is -2.13. The topological polar surface area (TPSA) is 36.7 Å². The summed E-state index contributed by atoms with van der Waals surface area (Å²) in [6.45, 7) is 0. The summed E-state index contributed by atoms with van der Waals surface area (Å²) in [7, 11) is 0. The third-order valence-electron chi connectivity index (χ3n) is 1.66. The second-order valence-corrected chi connectivity index (χ2v) is 3.77. The Morgan fingerprint density at radius 1 is 1.38 bits per heavy atom. The Morgan fingerprint density at radius 2 is 1.94 bits per heavy atom. The quantitative estimate of drug-likeness (QED) is 0.443. The van der Waals surface area contributed by atoms with E-state index in [2.05, 4.69) is 4.98 Å². The van der Waals surface area contributed by atoms with Gasteiger partial charge in [0.2, 0.25) is 0 Å². The van der Waals surface area contributed by atoms with E-state index in [1.807, 2.05) is 0 Å². The number of nitriles is 1. The summed E-state index contributed by atoms with van der Waals surface area (Å²) in [5.74, 6) is 0. The standard InChI is InChI=1S/C8H2F5IN2/c9-7(10)6-3(8(11,12)13)1-5(14)16-4(6)2-15/h1,7H. The Morgan fingerprint density at radius 3 is 2.31 bits per heavy atom. The molecule has 0 unspecified atom stereocenters. The predicted molar refractivity (Wildman–Crippen MR) is 51.6 cm³/mol. The minimum Gasteiger partial charge on any atom is -0.231 e. The molecule has 0 N–H and O–H groups in total. The molecular weight excluding hydrogens is 346 g/mol. The molecule has 0 saturated carbocycles. The molecule has 0 radical (unpaired) electrons. The molecule has 0 atom stereocenters. The summed E-state index contributed by atoms with van der Waals surface area (Å²) in [5, 5.41) is 8.47. The van der Waals surface area contributed by atoms with Gasteiger partial charge in [-0.1, -0.05) is 0 Å². The van der Waals surface area contributed by atoms with Crippen molar-refractivity contribution < 1.29 is 22.0 Å². The fourth-order valence-corrected chi connectivity index (χ4v) is 1.62. The van der Waals surface area contributed by atoms with Crippen LogP contribution in [0.2, 0.25) is 0 Å². The van der Waals surface area contributed by atoms with Gasteiger partial charge in [-0.2, -0.15) is 18.4 Å². The fourth-order valence-electron chi connectivity index (χ4n) is 1.06. The van der Waals surface area contributed by atoms with Crippen molar-refractivity contribution in [1.82, 2.24) is 4.98 Å². The lowest BCUT2D eigenvalue weighted by molar-refractivity contribution is -0.139. The van der Waals surface area contributed by atoms with Gasteiger partial charge in [0.1, 0.15) is 9.77 Å². The van der Waals surface area contributed by atoms with Gasteiger partial charge in [-0.3, -0.25) is 0 Å². The van der Waals surface area contributed by atoms with E-state index in [4.69, 9.17) is 5.26 Å². The van der Waals surface area contributed by atoms with Crippen LogP contribution in [0, 0.1) is 15.0 Å². The highest BCUT2D eigenvalue weighted by Gasteiger charge is 2.38. The van der Waals surface area contributed by atoms with Crippen LogP contribution in [0.25, 0.3) is 0 Å². The number of aromatic nitrogens is 1. The zero-order chi connectivity index (χ0) is 12.5. The van der Waals surface area contributed by atoms with Crippen LogP contribution in [0.1, 0.15) is 23.2 Å². The van der Waals surface area contributed by atoms with Gasteiger partial charge in [-0.15, -0.1) is 0 Å². The van der Waals surface area contributed by atoms with E-state index in [1.54, 1.807) is 0 Å². The van der Waals surface area contributed by atoms with Crippen LogP contribution in [-0.4, -0.2) is 4.98 Å². The van der Waals surface area contributed by atoms with Crippen LogP contribution in [0.15, 0.2) is 6.07 Å². The van der Waals surface area contributed by atoms with Gasteiger partial charge in [0.15, 0.2) is 5.69 Å². The van der Waals surface area contributed by atoms with Crippen molar-refractivity contribution in [3.63, 3.8) is 0 Å². The van der Waals surface area contributed by atoms with Crippen LogP contribution in [0.5, 0.6) is 0 Å². The first-order valence-electron chi connectivity index (χ1n) is 3.73. The monoisotopic (exact) mass is 348 g/mol. The molecule has 16 heavy (non-hydrogen) atoms. The molecule has 1 aromatic rings. The van der Waals surface area contributed by atoms with Crippen molar-refractivity contribution in [1.29, 1.82) is 5.26 Å². The average Bonchev–Trinajstić information content (AvgIpc) is 2.14.